The van der Waals surface area contributed by atoms with Gasteiger partial charge in [0, 0.05) is 43.7 Å². The van der Waals surface area contributed by atoms with Crippen molar-refractivity contribution < 1.29 is 4.79 Å². The van der Waals surface area contributed by atoms with Crippen LogP contribution in [0.5, 0.6) is 0 Å². The molecule has 41 heavy (non-hydrogen) atoms. The highest BCUT2D eigenvalue weighted by Crippen LogP contribution is 2.44. The molecule has 0 radical (unpaired) electrons. The Morgan fingerprint density at radius 2 is 1.76 bits per heavy atom. The molecule has 3 fully saturated rings. The Morgan fingerprint density at radius 1 is 1.00 bits per heavy atom. The Morgan fingerprint density at radius 3 is 2.41 bits per heavy atom. The van der Waals surface area contributed by atoms with Gasteiger partial charge in [0.2, 0.25) is 5.95 Å². The summed E-state index contributed by atoms with van der Waals surface area (Å²) in [4.78, 5) is 36.2. The fraction of sp³-hybridized carbons (Fsp3) is 0.625. The summed E-state index contributed by atoms with van der Waals surface area (Å²) in [5.74, 6) is 1.98. The maximum atomic E-state index is 13.3. The number of nitrogens with zero attached hydrogens (tertiary/aromatic N) is 6. The lowest BCUT2D eigenvalue weighted by atomic mass is 9.92. The van der Waals surface area contributed by atoms with Crippen LogP contribution in [0, 0.1) is 5.92 Å². The molecule has 8 nitrogen and oxygen atoms in total. The topological polar surface area (TPSA) is 77.5 Å². The minimum Gasteiger partial charge on any atom is -0.368 e. The molecule has 6 rings (SSSR count). The number of piperidine rings is 1. The number of Topliss-reactive ketones (excluding diaryl/α,β-unsaturated/α-hetero) is 1. The summed E-state index contributed by atoms with van der Waals surface area (Å²) in [5, 5.41) is 3.33. The van der Waals surface area contributed by atoms with Gasteiger partial charge in [-0.05, 0) is 69.8 Å². The number of pyridine rings is 1. The van der Waals surface area contributed by atoms with Crippen LogP contribution in [0.1, 0.15) is 86.9 Å². The van der Waals surface area contributed by atoms with Crippen molar-refractivity contribution in [1.29, 1.82) is 0 Å². The Labute approximate surface area is 248 Å². The van der Waals surface area contributed by atoms with Gasteiger partial charge in [0.1, 0.15) is 5.82 Å². The van der Waals surface area contributed by atoms with Crippen molar-refractivity contribution in [2.24, 2.45) is 5.92 Å². The summed E-state index contributed by atoms with van der Waals surface area (Å²) in [6.07, 6.45) is 12.0. The van der Waals surface area contributed by atoms with E-state index in [-0.39, 0.29) is 11.7 Å². The number of fused-ring (bicyclic) bond motifs is 1. The van der Waals surface area contributed by atoms with Gasteiger partial charge in [0.15, 0.2) is 5.78 Å². The standard InChI is InChI=1S/C32H45N7OS/c1-4-22(3)30(40)31-28(23-8-6-7-9-23)29-26(41-31)21-34-32(36-29)35-27-11-10-25(20-33-27)39-18-16-38(17-19-39)24-12-14-37(5-2)15-13-24/h10-11,20-24H,4-9,12-19H2,1-3H3,(H,33,34,35,36). The van der Waals surface area contributed by atoms with E-state index in [2.05, 4.69) is 44.9 Å². The van der Waals surface area contributed by atoms with Crippen molar-refractivity contribution in [2.45, 2.75) is 77.7 Å². The third-order valence-corrected chi connectivity index (χ3v) is 10.8. The highest BCUT2D eigenvalue weighted by Gasteiger charge is 2.30. The summed E-state index contributed by atoms with van der Waals surface area (Å²) in [5.41, 5.74) is 3.28. The summed E-state index contributed by atoms with van der Waals surface area (Å²) >= 11 is 1.58. The molecule has 0 spiro atoms. The van der Waals surface area contributed by atoms with Crippen molar-refractivity contribution >= 4 is 44.8 Å². The molecule has 5 heterocycles. The van der Waals surface area contributed by atoms with E-state index < -0.39 is 0 Å². The molecule has 1 saturated carbocycles. The predicted octanol–water partition coefficient (Wildman–Crippen LogP) is 6.32. The zero-order valence-corrected chi connectivity index (χ0v) is 25.8. The van der Waals surface area contributed by atoms with Crippen molar-refractivity contribution in [3.63, 3.8) is 0 Å². The lowest BCUT2D eigenvalue weighted by Gasteiger charge is -2.43. The summed E-state index contributed by atoms with van der Waals surface area (Å²) in [6.45, 7) is 14.4. The fourth-order valence-electron chi connectivity index (χ4n) is 6.86. The van der Waals surface area contributed by atoms with Crippen LogP contribution < -0.4 is 10.2 Å². The smallest absolute Gasteiger partial charge is 0.228 e. The molecule has 0 amide bonds. The number of carbonyl (C=O) groups is 1. The lowest BCUT2D eigenvalue weighted by molar-refractivity contribution is 0.0930. The first-order valence-corrected chi connectivity index (χ1v) is 16.6. The van der Waals surface area contributed by atoms with Crippen LogP contribution >= 0.6 is 11.3 Å². The monoisotopic (exact) mass is 575 g/mol. The van der Waals surface area contributed by atoms with Crippen LogP contribution in [0.2, 0.25) is 0 Å². The minimum absolute atomic E-state index is 0.0264. The maximum Gasteiger partial charge on any atom is 0.228 e. The predicted molar refractivity (Wildman–Crippen MR) is 169 cm³/mol. The Balaban J connectivity index is 1.12. The maximum absolute atomic E-state index is 13.3. The molecule has 0 aromatic carbocycles. The van der Waals surface area contributed by atoms with E-state index in [1.54, 1.807) is 11.3 Å². The number of aromatic nitrogens is 3. The normalized spacial score (nSPS) is 20.6. The quantitative estimate of drug-likeness (QED) is 0.297. The number of hydrogen-bond acceptors (Lipinski definition) is 9. The van der Waals surface area contributed by atoms with E-state index in [1.165, 1.54) is 51.0 Å². The van der Waals surface area contributed by atoms with Crippen molar-refractivity contribution in [2.75, 3.05) is 56.0 Å². The van der Waals surface area contributed by atoms with Gasteiger partial charge in [-0.1, -0.05) is 33.6 Å². The Hall–Kier alpha value is -2.62. The average Bonchev–Trinajstić information content (AvgIpc) is 3.69. The number of carbonyl (C=O) groups excluding carboxylic acids is 1. The first kappa shape index (κ1) is 28.5. The van der Waals surface area contributed by atoms with E-state index in [4.69, 9.17) is 9.97 Å². The molecule has 0 bridgehead atoms. The lowest BCUT2D eigenvalue weighted by Crippen LogP contribution is -2.53. The Bertz CT molecular complexity index is 1320. The molecule has 1 atom stereocenters. The van der Waals surface area contributed by atoms with Gasteiger partial charge in [-0.2, -0.15) is 0 Å². The van der Waals surface area contributed by atoms with Gasteiger partial charge in [-0.15, -0.1) is 11.3 Å². The van der Waals surface area contributed by atoms with Gasteiger partial charge >= 0.3 is 0 Å². The van der Waals surface area contributed by atoms with Gasteiger partial charge in [-0.25, -0.2) is 15.0 Å². The van der Waals surface area contributed by atoms with E-state index in [9.17, 15) is 4.79 Å². The second-order valence-electron chi connectivity index (χ2n) is 12.1. The van der Waals surface area contributed by atoms with Crippen molar-refractivity contribution in [3.8, 4) is 0 Å². The molecule has 1 N–H and O–H groups in total. The number of hydrogen-bond donors (Lipinski definition) is 1. The number of likely N-dealkylation sites (tertiary alicyclic amines) is 1. The first-order chi connectivity index (χ1) is 20.0. The minimum atomic E-state index is 0.0264. The largest absolute Gasteiger partial charge is 0.368 e. The van der Waals surface area contributed by atoms with Gasteiger partial charge in [0.05, 0.1) is 33.2 Å². The first-order valence-electron chi connectivity index (χ1n) is 15.8. The number of rotatable bonds is 9. The van der Waals surface area contributed by atoms with Gasteiger partial charge < -0.3 is 15.1 Å². The van der Waals surface area contributed by atoms with Crippen LogP contribution in [0.4, 0.5) is 17.5 Å². The van der Waals surface area contributed by atoms with Crippen LogP contribution in [0.15, 0.2) is 24.5 Å². The second kappa shape index (κ2) is 12.7. The average molecular weight is 576 g/mol. The summed E-state index contributed by atoms with van der Waals surface area (Å²) < 4.78 is 1.00. The molecule has 1 unspecified atom stereocenters. The Kier molecular flexibility index (Phi) is 8.84. The van der Waals surface area contributed by atoms with Crippen LogP contribution in [-0.4, -0.2) is 82.4 Å². The molecule has 3 aromatic heterocycles. The zero-order valence-electron chi connectivity index (χ0n) is 24.9. The SMILES string of the molecule is CCC(C)C(=O)c1sc2cnc(Nc3ccc(N4CCN(C5CCN(CC)CC5)CC4)cn3)nc2c1C1CCCC1. The molecule has 3 aliphatic rings. The third kappa shape index (κ3) is 6.13. The van der Waals surface area contributed by atoms with E-state index >= 15 is 0 Å². The van der Waals surface area contributed by atoms with Gasteiger partial charge in [0.25, 0.3) is 0 Å². The fourth-order valence-corrected chi connectivity index (χ4v) is 8.12. The third-order valence-electron chi connectivity index (χ3n) is 9.70. The van der Waals surface area contributed by atoms with E-state index in [0.29, 0.717) is 11.9 Å². The van der Waals surface area contributed by atoms with E-state index in [1.807, 2.05) is 25.4 Å². The molecular weight excluding hydrogens is 530 g/mol. The highest BCUT2D eigenvalue weighted by atomic mass is 32.1. The van der Waals surface area contributed by atoms with Crippen LogP contribution in [-0.2, 0) is 0 Å². The number of anilines is 3. The number of nitrogens with one attached hydrogen (secondary N) is 1. The molecule has 220 valence electrons. The van der Waals surface area contributed by atoms with Crippen molar-refractivity contribution in [3.05, 3.63) is 35.0 Å². The van der Waals surface area contributed by atoms with Gasteiger partial charge in [-0.3, -0.25) is 9.69 Å². The zero-order chi connectivity index (χ0) is 28.3. The molecule has 9 heteroatoms. The summed E-state index contributed by atoms with van der Waals surface area (Å²) in [6, 6.07) is 4.92. The molecule has 3 aromatic rings. The van der Waals surface area contributed by atoms with E-state index in [0.717, 1.165) is 78.0 Å². The highest BCUT2D eigenvalue weighted by molar-refractivity contribution is 7.21. The van der Waals surface area contributed by atoms with Crippen molar-refractivity contribution in [1.82, 2.24) is 24.8 Å². The molecular formula is C32H45N7OS. The molecule has 1 aliphatic carbocycles. The number of thiophene rings is 1. The molecule has 2 aliphatic heterocycles. The summed E-state index contributed by atoms with van der Waals surface area (Å²) in [7, 11) is 0. The second-order valence-corrected chi connectivity index (χ2v) is 13.2. The number of piperazine rings is 1. The van der Waals surface area contributed by atoms with Crippen LogP contribution in [0.25, 0.3) is 10.2 Å². The number of ketones is 1. The molecule has 2 saturated heterocycles. The van der Waals surface area contributed by atoms with Crippen LogP contribution in [0.3, 0.4) is 0 Å².